The van der Waals surface area contributed by atoms with Crippen LogP contribution in [-0.4, -0.2) is 7.05 Å². The van der Waals surface area contributed by atoms with E-state index in [0.717, 1.165) is 0 Å². The lowest BCUT2D eigenvalue weighted by molar-refractivity contribution is 0.746. The van der Waals surface area contributed by atoms with Crippen LogP contribution in [0, 0.1) is 5.92 Å². The predicted octanol–water partition coefficient (Wildman–Crippen LogP) is 2.55. The van der Waals surface area contributed by atoms with Crippen LogP contribution < -0.4 is 11.1 Å². The van der Waals surface area contributed by atoms with Crippen molar-refractivity contribution in [2.75, 3.05) is 7.05 Å². The van der Waals surface area contributed by atoms with Gasteiger partial charge in [-0.1, -0.05) is 20.4 Å². The van der Waals surface area contributed by atoms with Gasteiger partial charge in [0.25, 0.3) is 0 Å². The van der Waals surface area contributed by atoms with E-state index in [-0.39, 0.29) is 0 Å². The van der Waals surface area contributed by atoms with Crippen LogP contribution in [0.4, 0.5) is 0 Å². The van der Waals surface area contributed by atoms with Crippen LogP contribution in [0.5, 0.6) is 0 Å². The van der Waals surface area contributed by atoms with Crippen LogP contribution >= 0.6 is 0 Å². The summed E-state index contributed by atoms with van der Waals surface area (Å²) in [5, 5.41) is 3.17. The van der Waals surface area contributed by atoms with Gasteiger partial charge in [0.05, 0.1) is 0 Å². The summed E-state index contributed by atoms with van der Waals surface area (Å²) in [6.07, 6.45) is 1.91. The van der Waals surface area contributed by atoms with Crippen molar-refractivity contribution in [1.82, 2.24) is 5.32 Å². The molecule has 0 radical (unpaired) electrons. The molecule has 0 spiro atoms. The molecular weight excluding hydrogens is 172 g/mol. The first-order chi connectivity index (χ1) is 6.40. The summed E-state index contributed by atoms with van der Waals surface area (Å²) in [5.41, 5.74) is 9.83. The zero-order valence-corrected chi connectivity index (χ0v) is 9.94. The fourth-order valence-corrected chi connectivity index (χ4v) is 1.67. The molecule has 0 rings (SSSR count). The van der Waals surface area contributed by atoms with Crippen molar-refractivity contribution in [3.8, 4) is 0 Å². The highest BCUT2D eigenvalue weighted by Gasteiger charge is 2.08. The van der Waals surface area contributed by atoms with E-state index in [4.69, 9.17) is 5.73 Å². The van der Waals surface area contributed by atoms with Gasteiger partial charge < -0.3 is 11.1 Å². The maximum Gasteiger partial charge on any atom is 0.0243 e. The molecule has 0 bridgehead atoms. The zero-order valence-electron chi connectivity index (χ0n) is 9.94. The first kappa shape index (κ1) is 12.8. The Morgan fingerprint density at radius 1 is 1.36 bits per heavy atom. The molecule has 0 amide bonds. The summed E-state index contributed by atoms with van der Waals surface area (Å²) < 4.78 is 0. The maximum atomic E-state index is 5.56. The summed E-state index contributed by atoms with van der Waals surface area (Å²) >= 11 is 0. The van der Waals surface area contributed by atoms with E-state index in [9.17, 15) is 0 Å². The second-order valence-electron chi connectivity index (χ2n) is 3.85. The molecule has 14 heavy (non-hydrogen) atoms. The van der Waals surface area contributed by atoms with Crippen molar-refractivity contribution in [1.29, 1.82) is 0 Å². The predicted molar refractivity (Wildman–Crippen MR) is 63.7 cm³/mol. The van der Waals surface area contributed by atoms with Gasteiger partial charge in [-0.15, -0.1) is 0 Å². The molecule has 0 unspecified atom stereocenters. The first-order valence-corrected chi connectivity index (χ1v) is 4.91. The SMILES string of the molecule is C=C(N)/C=C(C)/C(=C(\C)NC)C(C)C. The van der Waals surface area contributed by atoms with E-state index in [0.29, 0.717) is 11.6 Å². The Morgan fingerprint density at radius 3 is 2.14 bits per heavy atom. The smallest absolute Gasteiger partial charge is 0.0243 e. The minimum absolute atomic E-state index is 0.484. The Bertz CT molecular complexity index is 270. The molecule has 80 valence electrons. The molecule has 0 aromatic heterocycles. The molecule has 2 nitrogen and oxygen atoms in total. The minimum Gasteiger partial charge on any atom is -0.399 e. The van der Waals surface area contributed by atoms with E-state index < -0.39 is 0 Å². The van der Waals surface area contributed by atoms with Crippen molar-refractivity contribution in [3.63, 3.8) is 0 Å². The standard InChI is InChI=1S/C12H22N2/c1-8(2)12(11(5)14-6)9(3)7-10(4)13/h7-8,14H,4,13H2,1-3,5-6H3/b9-7+,12-11+. The number of rotatable bonds is 4. The lowest BCUT2D eigenvalue weighted by Gasteiger charge is -2.16. The summed E-state index contributed by atoms with van der Waals surface area (Å²) in [7, 11) is 1.93. The molecular formula is C12H22N2. The van der Waals surface area contributed by atoms with Crippen LogP contribution in [0.2, 0.25) is 0 Å². The summed E-state index contributed by atoms with van der Waals surface area (Å²) in [5.74, 6) is 0.484. The third-order valence-corrected chi connectivity index (χ3v) is 2.18. The van der Waals surface area contributed by atoms with E-state index in [1.807, 2.05) is 13.1 Å². The highest BCUT2D eigenvalue weighted by molar-refractivity contribution is 5.37. The third kappa shape index (κ3) is 3.69. The number of hydrogen-bond donors (Lipinski definition) is 2. The molecule has 0 aliphatic heterocycles. The highest BCUT2D eigenvalue weighted by Crippen LogP contribution is 2.22. The second kappa shape index (κ2) is 5.53. The Morgan fingerprint density at radius 2 is 1.86 bits per heavy atom. The molecule has 3 N–H and O–H groups in total. The number of hydrogen-bond acceptors (Lipinski definition) is 2. The average molecular weight is 194 g/mol. The molecule has 0 aliphatic rings. The zero-order chi connectivity index (χ0) is 11.3. The van der Waals surface area contributed by atoms with E-state index >= 15 is 0 Å². The Kier molecular flexibility index (Phi) is 5.06. The molecule has 0 aliphatic carbocycles. The van der Waals surface area contributed by atoms with Crippen LogP contribution in [-0.2, 0) is 0 Å². The fourth-order valence-electron chi connectivity index (χ4n) is 1.67. The van der Waals surface area contributed by atoms with Gasteiger partial charge in [-0.3, -0.25) is 0 Å². The van der Waals surface area contributed by atoms with Crippen molar-refractivity contribution in [2.24, 2.45) is 11.7 Å². The quantitative estimate of drug-likeness (QED) is 0.675. The number of nitrogens with two attached hydrogens (primary N) is 1. The van der Waals surface area contributed by atoms with Crippen molar-refractivity contribution in [3.05, 3.63) is 35.2 Å². The topological polar surface area (TPSA) is 38.0 Å². The highest BCUT2D eigenvalue weighted by atomic mass is 14.8. The lowest BCUT2D eigenvalue weighted by atomic mass is 9.94. The van der Waals surface area contributed by atoms with Crippen LogP contribution in [0.3, 0.4) is 0 Å². The second-order valence-corrected chi connectivity index (χ2v) is 3.85. The minimum atomic E-state index is 0.484. The van der Waals surface area contributed by atoms with E-state index in [2.05, 4.69) is 39.6 Å². The monoisotopic (exact) mass is 194 g/mol. The molecule has 0 saturated heterocycles. The maximum absolute atomic E-state index is 5.56. The molecule has 0 aromatic rings. The van der Waals surface area contributed by atoms with Gasteiger partial charge in [0.2, 0.25) is 0 Å². The van der Waals surface area contributed by atoms with Crippen molar-refractivity contribution in [2.45, 2.75) is 27.7 Å². The van der Waals surface area contributed by atoms with Crippen molar-refractivity contribution < 1.29 is 0 Å². The molecule has 0 fully saturated rings. The Labute approximate surface area is 87.6 Å². The van der Waals surface area contributed by atoms with E-state index in [1.54, 1.807) is 0 Å². The van der Waals surface area contributed by atoms with Gasteiger partial charge in [-0.2, -0.15) is 0 Å². The molecule has 0 saturated carbocycles. The first-order valence-electron chi connectivity index (χ1n) is 4.91. The van der Waals surface area contributed by atoms with Gasteiger partial charge in [-0.05, 0) is 37.0 Å². The van der Waals surface area contributed by atoms with Gasteiger partial charge in [0.15, 0.2) is 0 Å². The summed E-state index contributed by atoms with van der Waals surface area (Å²) in [4.78, 5) is 0. The van der Waals surface area contributed by atoms with Gasteiger partial charge in [0.1, 0.15) is 0 Å². The third-order valence-electron chi connectivity index (χ3n) is 2.18. The van der Waals surface area contributed by atoms with Gasteiger partial charge in [0, 0.05) is 18.4 Å². The largest absolute Gasteiger partial charge is 0.399 e. The molecule has 0 atom stereocenters. The molecule has 0 heterocycles. The van der Waals surface area contributed by atoms with Gasteiger partial charge in [-0.25, -0.2) is 0 Å². The van der Waals surface area contributed by atoms with Crippen LogP contribution in [0.1, 0.15) is 27.7 Å². The van der Waals surface area contributed by atoms with Crippen LogP contribution in [0.15, 0.2) is 35.2 Å². The van der Waals surface area contributed by atoms with E-state index in [1.165, 1.54) is 16.8 Å². The fraction of sp³-hybridized carbons (Fsp3) is 0.500. The average Bonchev–Trinajstić information content (AvgIpc) is 2.01. The van der Waals surface area contributed by atoms with Gasteiger partial charge >= 0.3 is 0 Å². The summed E-state index contributed by atoms with van der Waals surface area (Å²) in [6, 6.07) is 0. The Balaban J connectivity index is 5.14. The summed E-state index contributed by atoms with van der Waals surface area (Å²) in [6.45, 7) is 12.2. The normalized spacial score (nSPS) is 14.0. The lowest BCUT2D eigenvalue weighted by Crippen LogP contribution is -2.10. The number of nitrogens with one attached hydrogen (secondary N) is 1. The Hall–Kier alpha value is -1.18. The molecule has 2 heteroatoms. The molecule has 0 aromatic carbocycles. The number of allylic oxidation sites excluding steroid dienone is 4. The van der Waals surface area contributed by atoms with Crippen LogP contribution in [0.25, 0.3) is 0 Å². The van der Waals surface area contributed by atoms with Crippen molar-refractivity contribution >= 4 is 0 Å².